The number of amides is 1. The molecule has 1 heterocycles. The SMILES string of the molecule is Cc1[nH]nc2cc(NC(=O)C(C)Oc3cccc(CO)c3)ccc12. The molecule has 0 spiro atoms. The van der Waals surface area contributed by atoms with Crippen molar-refractivity contribution in [3.63, 3.8) is 0 Å². The van der Waals surface area contributed by atoms with Crippen molar-refractivity contribution >= 4 is 22.5 Å². The minimum absolute atomic E-state index is 0.0686. The molecule has 0 bridgehead atoms. The molecule has 0 radical (unpaired) electrons. The Morgan fingerprint density at radius 2 is 2.17 bits per heavy atom. The van der Waals surface area contributed by atoms with Crippen LogP contribution in [0.15, 0.2) is 42.5 Å². The minimum Gasteiger partial charge on any atom is -0.481 e. The second-order valence-corrected chi connectivity index (χ2v) is 5.64. The zero-order valence-electron chi connectivity index (χ0n) is 13.5. The summed E-state index contributed by atoms with van der Waals surface area (Å²) in [6, 6.07) is 12.6. The van der Waals surface area contributed by atoms with Gasteiger partial charge in [-0.2, -0.15) is 5.10 Å². The second-order valence-electron chi connectivity index (χ2n) is 5.64. The van der Waals surface area contributed by atoms with E-state index in [1.54, 1.807) is 31.2 Å². The highest BCUT2D eigenvalue weighted by molar-refractivity contribution is 5.96. The molecule has 6 heteroatoms. The van der Waals surface area contributed by atoms with E-state index in [4.69, 9.17) is 9.84 Å². The van der Waals surface area contributed by atoms with Crippen molar-refractivity contribution in [3.8, 4) is 5.75 Å². The van der Waals surface area contributed by atoms with Crippen molar-refractivity contribution in [1.82, 2.24) is 10.2 Å². The van der Waals surface area contributed by atoms with Crippen LogP contribution in [0.2, 0.25) is 0 Å². The fourth-order valence-corrected chi connectivity index (χ4v) is 2.44. The molecule has 1 aromatic heterocycles. The van der Waals surface area contributed by atoms with Gasteiger partial charge in [0.05, 0.1) is 12.1 Å². The fraction of sp³-hybridized carbons (Fsp3) is 0.222. The van der Waals surface area contributed by atoms with E-state index < -0.39 is 6.10 Å². The molecular weight excluding hydrogens is 306 g/mol. The molecule has 6 nitrogen and oxygen atoms in total. The highest BCUT2D eigenvalue weighted by Gasteiger charge is 2.15. The Balaban J connectivity index is 1.68. The van der Waals surface area contributed by atoms with Gasteiger partial charge in [0.25, 0.3) is 5.91 Å². The van der Waals surface area contributed by atoms with Crippen molar-refractivity contribution in [1.29, 1.82) is 0 Å². The van der Waals surface area contributed by atoms with Crippen molar-refractivity contribution in [3.05, 3.63) is 53.7 Å². The van der Waals surface area contributed by atoms with E-state index in [1.807, 2.05) is 25.1 Å². The first-order valence-electron chi connectivity index (χ1n) is 7.69. The van der Waals surface area contributed by atoms with Crippen LogP contribution in [-0.4, -0.2) is 27.3 Å². The van der Waals surface area contributed by atoms with Crippen molar-refractivity contribution in [2.24, 2.45) is 0 Å². The first kappa shape index (κ1) is 16.0. The molecule has 124 valence electrons. The molecule has 2 aromatic carbocycles. The van der Waals surface area contributed by atoms with Gasteiger partial charge in [0.1, 0.15) is 5.75 Å². The number of H-pyrrole nitrogens is 1. The van der Waals surface area contributed by atoms with Crippen LogP contribution in [0.4, 0.5) is 5.69 Å². The Kier molecular flexibility index (Phi) is 4.48. The molecule has 1 unspecified atom stereocenters. The summed E-state index contributed by atoms with van der Waals surface area (Å²) in [6.07, 6.45) is -0.671. The zero-order chi connectivity index (χ0) is 17.1. The number of nitrogens with zero attached hydrogens (tertiary/aromatic N) is 1. The van der Waals surface area contributed by atoms with Gasteiger partial charge >= 0.3 is 0 Å². The number of aromatic nitrogens is 2. The number of nitrogens with one attached hydrogen (secondary N) is 2. The van der Waals surface area contributed by atoms with Gasteiger partial charge in [-0.05, 0) is 49.7 Å². The highest BCUT2D eigenvalue weighted by atomic mass is 16.5. The van der Waals surface area contributed by atoms with E-state index in [9.17, 15) is 4.79 Å². The second kappa shape index (κ2) is 6.72. The van der Waals surface area contributed by atoms with Gasteiger partial charge in [0.15, 0.2) is 6.10 Å². The average Bonchev–Trinajstić information content (AvgIpc) is 2.95. The lowest BCUT2D eigenvalue weighted by molar-refractivity contribution is -0.122. The number of hydrogen-bond donors (Lipinski definition) is 3. The molecule has 3 N–H and O–H groups in total. The van der Waals surface area contributed by atoms with Crippen LogP contribution in [0, 0.1) is 6.92 Å². The first-order valence-corrected chi connectivity index (χ1v) is 7.69. The molecule has 3 aromatic rings. The van der Waals surface area contributed by atoms with Gasteiger partial charge in [-0.25, -0.2) is 0 Å². The molecule has 0 aliphatic heterocycles. The van der Waals surface area contributed by atoms with E-state index in [1.165, 1.54) is 0 Å². The molecule has 24 heavy (non-hydrogen) atoms. The Morgan fingerprint density at radius 1 is 1.33 bits per heavy atom. The third-order valence-electron chi connectivity index (χ3n) is 3.78. The number of aryl methyl sites for hydroxylation is 1. The number of aliphatic hydroxyl groups is 1. The third-order valence-corrected chi connectivity index (χ3v) is 3.78. The quantitative estimate of drug-likeness (QED) is 0.673. The van der Waals surface area contributed by atoms with Gasteiger partial charge in [-0.15, -0.1) is 0 Å². The normalized spacial score (nSPS) is 12.1. The zero-order valence-corrected chi connectivity index (χ0v) is 13.5. The molecule has 0 aliphatic rings. The predicted molar refractivity (Wildman–Crippen MR) is 91.9 cm³/mol. The maximum absolute atomic E-state index is 12.3. The number of carbonyl (C=O) groups excluding carboxylic acids is 1. The standard InChI is InChI=1S/C18H19N3O3/c1-11-16-7-6-14(9-17(16)21-20-11)19-18(23)12(2)24-15-5-3-4-13(8-15)10-22/h3-9,12,22H,10H2,1-2H3,(H,19,23)(H,20,21). The molecule has 0 saturated carbocycles. The number of benzene rings is 2. The maximum Gasteiger partial charge on any atom is 0.265 e. The number of rotatable bonds is 5. The van der Waals surface area contributed by atoms with Crippen LogP contribution < -0.4 is 10.1 Å². The number of anilines is 1. The minimum atomic E-state index is -0.671. The number of ether oxygens (including phenoxy) is 1. The van der Waals surface area contributed by atoms with Gasteiger partial charge in [-0.3, -0.25) is 9.89 Å². The summed E-state index contributed by atoms with van der Waals surface area (Å²) in [5, 5.41) is 20.1. The first-order chi connectivity index (χ1) is 11.6. The van der Waals surface area contributed by atoms with E-state index in [2.05, 4.69) is 15.5 Å². The lowest BCUT2D eigenvalue weighted by atomic mass is 10.2. The smallest absolute Gasteiger partial charge is 0.265 e. The van der Waals surface area contributed by atoms with Crippen LogP contribution in [0.5, 0.6) is 5.75 Å². The summed E-state index contributed by atoms with van der Waals surface area (Å²) < 4.78 is 5.64. The predicted octanol–water partition coefficient (Wildman–Crippen LogP) is 2.77. The maximum atomic E-state index is 12.3. The van der Waals surface area contributed by atoms with E-state index in [0.29, 0.717) is 11.4 Å². The van der Waals surface area contributed by atoms with Gasteiger partial charge in [0, 0.05) is 16.8 Å². The molecule has 0 saturated heterocycles. The Labute approximate surface area is 139 Å². The van der Waals surface area contributed by atoms with Crippen LogP contribution in [0.25, 0.3) is 10.9 Å². The van der Waals surface area contributed by atoms with E-state index in [0.717, 1.165) is 22.2 Å². The Hall–Kier alpha value is -2.86. The van der Waals surface area contributed by atoms with E-state index >= 15 is 0 Å². The summed E-state index contributed by atoms with van der Waals surface area (Å²) in [4.78, 5) is 12.3. The van der Waals surface area contributed by atoms with Crippen LogP contribution in [0.1, 0.15) is 18.2 Å². The number of carbonyl (C=O) groups is 1. The number of fused-ring (bicyclic) bond motifs is 1. The van der Waals surface area contributed by atoms with Crippen molar-refractivity contribution in [2.45, 2.75) is 26.6 Å². The van der Waals surface area contributed by atoms with Crippen molar-refractivity contribution < 1.29 is 14.6 Å². The van der Waals surface area contributed by atoms with Crippen LogP contribution >= 0.6 is 0 Å². The van der Waals surface area contributed by atoms with E-state index in [-0.39, 0.29) is 12.5 Å². The summed E-state index contributed by atoms with van der Waals surface area (Å²) in [5.41, 5.74) is 3.19. The third kappa shape index (κ3) is 3.38. The lowest BCUT2D eigenvalue weighted by Crippen LogP contribution is -2.30. The molecule has 0 fully saturated rings. The number of aromatic amines is 1. The summed E-state index contributed by atoms with van der Waals surface area (Å²) in [7, 11) is 0. The molecule has 3 rings (SSSR count). The van der Waals surface area contributed by atoms with Crippen molar-refractivity contribution in [2.75, 3.05) is 5.32 Å². The topological polar surface area (TPSA) is 87.2 Å². The monoisotopic (exact) mass is 325 g/mol. The van der Waals surface area contributed by atoms with Crippen LogP contribution in [-0.2, 0) is 11.4 Å². The largest absolute Gasteiger partial charge is 0.481 e. The molecule has 1 atom stereocenters. The fourth-order valence-electron chi connectivity index (χ4n) is 2.44. The number of hydrogen-bond acceptors (Lipinski definition) is 4. The van der Waals surface area contributed by atoms with Gasteiger partial charge in [0.2, 0.25) is 0 Å². The Bertz CT molecular complexity index is 873. The lowest BCUT2D eigenvalue weighted by Gasteiger charge is -2.15. The molecule has 1 amide bonds. The highest BCUT2D eigenvalue weighted by Crippen LogP contribution is 2.20. The summed E-state index contributed by atoms with van der Waals surface area (Å²) >= 11 is 0. The van der Waals surface area contributed by atoms with Crippen LogP contribution in [0.3, 0.4) is 0 Å². The molecular formula is C18H19N3O3. The average molecular weight is 325 g/mol. The van der Waals surface area contributed by atoms with Gasteiger partial charge in [-0.1, -0.05) is 12.1 Å². The summed E-state index contributed by atoms with van der Waals surface area (Å²) in [6.45, 7) is 3.56. The molecule has 0 aliphatic carbocycles. The van der Waals surface area contributed by atoms with Gasteiger partial charge < -0.3 is 15.2 Å². The Morgan fingerprint density at radius 3 is 2.96 bits per heavy atom. The number of aliphatic hydroxyl groups excluding tert-OH is 1. The summed E-state index contributed by atoms with van der Waals surface area (Å²) in [5.74, 6) is 0.290.